The number of anilines is 1. The molecule has 0 aliphatic rings. The van der Waals surface area contributed by atoms with E-state index in [1.807, 2.05) is 54.6 Å². The largest absolute Gasteiger partial charge is 0.466 e. The number of carbonyl (C=O) groups is 2. The van der Waals surface area contributed by atoms with Crippen molar-refractivity contribution in [3.63, 3.8) is 0 Å². The molecule has 1 aromatic heterocycles. The van der Waals surface area contributed by atoms with E-state index in [4.69, 9.17) is 4.74 Å². The van der Waals surface area contributed by atoms with Gasteiger partial charge in [0, 0.05) is 18.3 Å². The van der Waals surface area contributed by atoms with Gasteiger partial charge in [0.15, 0.2) is 5.13 Å². The molecule has 0 aliphatic heterocycles. The SMILES string of the molecule is CCOC(=O)Cc1csc(NC(=O)CCNC(c2ccccc2)(c2ccccc2)c2ccccc2)n1. The van der Waals surface area contributed by atoms with E-state index in [0.717, 1.165) is 16.7 Å². The van der Waals surface area contributed by atoms with Crippen molar-refractivity contribution in [3.05, 3.63) is 119 Å². The minimum atomic E-state index is -0.627. The van der Waals surface area contributed by atoms with Crippen molar-refractivity contribution >= 4 is 28.3 Å². The number of ether oxygens (including phenoxy) is 1. The van der Waals surface area contributed by atoms with Gasteiger partial charge in [0.05, 0.1) is 24.3 Å². The molecule has 4 rings (SSSR count). The number of benzene rings is 3. The summed E-state index contributed by atoms with van der Waals surface area (Å²) in [6.45, 7) is 2.53. The Balaban J connectivity index is 1.51. The van der Waals surface area contributed by atoms with Crippen LogP contribution in [0.15, 0.2) is 96.4 Å². The Morgan fingerprint density at radius 2 is 1.39 bits per heavy atom. The standard InChI is InChI=1S/C29H29N3O3S/c1-2-35-27(34)20-25-21-36-28(31-25)32-26(33)18-19-30-29(22-12-6-3-7-13-22,23-14-8-4-9-15-23)24-16-10-5-11-17-24/h3-17,21,30H,2,18-20H2,1H3,(H,31,32,33). The zero-order valence-corrected chi connectivity index (χ0v) is 21.0. The lowest BCUT2D eigenvalue weighted by Crippen LogP contribution is -2.45. The van der Waals surface area contributed by atoms with Crippen LogP contribution in [0.4, 0.5) is 5.13 Å². The first-order valence-corrected chi connectivity index (χ1v) is 12.8. The molecule has 0 saturated carbocycles. The van der Waals surface area contributed by atoms with E-state index in [1.165, 1.54) is 11.3 Å². The van der Waals surface area contributed by atoms with Crippen LogP contribution in [-0.4, -0.2) is 30.0 Å². The van der Waals surface area contributed by atoms with Crippen molar-refractivity contribution in [2.45, 2.75) is 25.3 Å². The summed E-state index contributed by atoms with van der Waals surface area (Å²) in [5, 5.41) is 8.79. The van der Waals surface area contributed by atoms with E-state index in [2.05, 4.69) is 52.0 Å². The fourth-order valence-electron chi connectivity index (χ4n) is 4.22. The average Bonchev–Trinajstić information content (AvgIpc) is 3.34. The number of hydrogen-bond donors (Lipinski definition) is 2. The second kappa shape index (κ2) is 12.2. The molecular weight excluding hydrogens is 470 g/mol. The molecule has 0 radical (unpaired) electrons. The highest BCUT2D eigenvalue weighted by Gasteiger charge is 2.35. The fraction of sp³-hybridized carbons (Fsp3) is 0.207. The number of nitrogens with zero attached hydrogens (tertiary/aromatic N) is 1. The van der Waals surface area contributed by atoms with Crippen LogP contribution in [0.5, 0.6) is 0 Å². The van der Waals surface area contributed by atoms with Crippen molar-refractivity contribution in [3.8, 4) is 0 Å². The second-order valence-electron chi connectivity index (χ2n) is 8.20. The monoisotopic (exact) mass is 499 g/mol. The van der Waals surface area contributed by atoms with Crippen molar-refractivity contribution in [1.82, 2.24) is 10.3 Å². The van der Waals surface area contributed by atoms with Crippen LogP contribution in [0.2, 0.25) is 0 Å². The Hall–Kier alpha value is -3.81. The Bertz CT molecular complexity index is 1160. The summed E-state index contributed by atoms with van der Waals surface area (Å²) < 4.78 is 4.96. The Morgan fingerprint density at radius 1 is 0.861 bits per heavy atom. The molecule has 0 unspecified atom stereocenters. The van der Waals surface area contributed by atoms with Crippen molar-refractivity contribution in [1.29, 1.82) is 0 Å². The van der Waals surface area contributed by atoms with Gasteiger partial charge in [-0.25, -0.2) is 4.98 Å². The Kier molecular flexibility index (Phi) is 8.60. The van der Waals surface area contributed by atoms with Gasteiger partial charge in [-0.15, -0.1) is 11.3 Å². The molecule has 3 aromatic carbocycles. The molecule has 36 heavy (non-hydrogen) atoms. The number of esters is 1. The van der Waals surface area contributed by atoms with Crippen LogP contribution in [0.1, 0.15) is 35.7 Å². The fourth-order valence-corrected chi connectivity index (χ4v) is 4.95. The third-order valence-corrected chi connectivity index (χ3v) is 6.60. The van der Waals surface area contributed by atoms with Gasteiger partial charge in [0.2, 0.25) is 5.91 Å². The van der Waals surface area contributed by atoms with Crippen LogP contribution < -0.4 is 10.6 Å². The third-order valence-electron chi connectivity index (χ3n) is 5.79. The van der Waals surface area contributed by atoms with Crippen LogP contribution in [0.25, 0.3) is 0 Å². The van der Waals surface area contributed by atoms with Gasteiger partial charge in [-0.3, -0.25) is 14.9 Å². The molecule has 0 atom stereocenters. The molecule has 4 aromatic rings. The summed E-state index contributed by atoms with van der Waals surface area (Å²) >= 11 is 1.30. The van der Waals surface area contributed by atoms with E-state index < -0.39 is 5.54 Å². The highest BCUT2D eigenvalue weighted by molar-refractivity contribution is 7.13. The smallest absolute Gasteiger partial charge is 0.311 e. The lowest BCUT2D eigenvalue weighted by atomic mass is 9.77. The van der Waals surface area contributed by atoms with Crippen molar-refractivity contribution in [2.75, 3.05) is 18.5 Å². The number of hydrogen-bond acceptors (Lipinski definition) is 6. The molecule has 0 bridgehead atoms. The van der Waals surface area contributed by atoms with Crippen LogP contribution >= 0.6 is 11.3 Å². The maximum atomic E-state index is 12.8. The van der Waals surface area contributed by atoms with E-state index in [0.29, 0.717) is 24.0 Å². The first-order valence-electron chi connectivity index (χ1n) is 11.9. The van der Waals surface area contributed by atoms with Crippen LogP contribution in [-0.2, 0) is 26.3 Å². The number of amides is 1. The summed E-state index contributed by atoms with van der Waals surface area (Å²) in [7, 11) is 0. The average molecular weight is 500 g/mol. The van der Waals surface area contributed by atoms with Gasteiger partial charge in [0.1, 0.15) is 0 Å². The summed E-state index contributed by atoms with van der Waals surface area (Å²) in [5.41, 5.74) is 3.23. The number of nitrogens with one attached hydrogen (secondary N) is 2. The first-order chi connectivity index (χ1) is 17.6. The Labute approximate surface area is 215 Å². The molecule has 0 saturated heterocycles. The van der Waals surface area contributed by atoms with Gasteiger partial charge in [-0.05, 0) is 23.6 Å². The van der Waals surface area contributed by atoms with Gasteiger partial charge in [0.25, 0.3) is 0 Å². The highest BCUT2D eigenvalue weighted by Crippen LogP contribution is 2.36. The Morgan fingerprint density at radius 3 is 1.89 bits per heavy atom. The summed E-state index contributed by atoms with van der Waals surface area (Å²) in [4.78, 5) is 28.8. The maximum Gasteiger partial charge on any atom is 0.311 e. The second-order valence-corrected chi connectivity index (χ2v) is 9.06. The van der Waals surface area contributed by atoms with Gasteiger partial charge < -0.3 is 10.1 Å². The number of aromatic nitrogens is 1. The molecule has 1 heterocycles. The molecule has 184 valence electrons. The van der Waals surface area contributed by atoms with E-state index in [-0.39, 0.29) is 24.7 Å². The quantitative estimate of drug-likeness (QED) is 0.220. The topological polar surface area (TPSA) is 80.3 Å². The molecule has 0 spiro atoms. The van der Waals surface area contributed by atoms with E-state index >= 15 is 0 Å². The van der Waals surface area contributed by atoms with Gasteiger partial charge >= 0.3 is 5.97 Å². The van der Waals surface area contributed by atoms with Gasteiger partial charge in [-0.2, -0.15) is 0 Å². The van der Waals surface area contributed by atoms with Crippen molar-refractivity contribution in [2.24, 2.45) is 0 Å². The molecule has 7 heteroatoms. The van der Waals surface area contributed by atoms with E-state index in [9.17, 15) is 9.59 Å². The van der Waals surface area contributed by atoms with E-state index in [1.54, 1.807) is 12.3 Å². The minimum Gasteiger partial charge on any atom is -0.466 e. The summed E-state index contributed by atoms with van der Waals surface area (Å²) in [5.74, 6) is -0.480. The molecule has 6 nitrogen and oxygen atoms in total. The van der Waals surface area contributed by atoms with Crippen LogP contribution in [0, 0.1) is 0 Å². The lowest BCUT2D eigenvalue weighted by molar-refractivity contribution is -0.142. The summed E-state index contributed by atoms with van der Waals surface area (Å²) in [6, 6.07) is 30.8. The zero-order chi connectivity index (χ0) is 25.2. The third kappa shape index (κ3) is 6.05. The molecule has 0 fully saturated rings. The highest BCUT2D eigenvalue weighted by atomic mass is 32.1. The zero-order valence-electron chi connectivity index (χ0n) is 20.1. The molecule has 0 aliphatic carbocycles. The number of carbonyl (C=O) groups excluding carboxylic acids is 2. The molecule has 1 amide bonds. The van der Waals surface area contributed by atoms with Crippen molar-refractivity contribution < 1.29 is 14.3 Å². The predicted octanol–water partition coefficient (Wildman–Crippen LogP) is 5.16. The molecule has 2 N–H and O–H groups in total. The summed E-state index contributed by atoms with van der Waals surface area (Å²) in [6.07, 6.45) is 0.344. The van der Waals surface area contributed by atoms with Gasteiger partial charge in [-0.1, -0.05) is 91.0 Å². The minimum absolute atomic E-state index is 0.0928. The maximum absolute atomic E-state index is 12.8. The number of thiazole rings is 1. The first kappa shape index (κ1) is 25.3. The van der Waals surface area contributed by atoms with Crippen LogP contribution in [0.3, 0.4) is 0 Å². The molecular formula is C29H29N3O3S. The number of rotatable bonds is 11. The normalized spacial score (nSPS) is 11.1. The lowest BCUT2D eigenvalue weighted by Gasteiger charge is -2.37. The predicted molar refractivity (Wildman–Crippen MR) is 143 cm³/mol.